The second-order valence-corrected chi connectivity index (χ2v) is 7.64. The summed E-state index contributed by atoms with van der Waals surface area (Å²) >= 11 is 0. The molecule has 3 heterocycles. The fourth-order valence-electron chi connectivity index (χ4n) is 4.07. The molecule has 25 heavy (non-hydrogen) atoms. The van der Waals surface area contributed by atoms with E-state index in [0.29, 0.717) is 24.3 Å². The minimum Gasteiger partial charge on any atom is -0.381 e. The van der Waals surface area contributed by atoms with Crippen molar-refractivity contribution >= 4 is 5.91 Å². The van der Waals surface area contributed by atoms with Crippen LogP contribution < -0.4 is 5.32 Å². The molecule has 140 valence electrons. The number of nitrogens with zero attached hydrogens (tertiary/aromatic N) is 4. The molecule has 2 aliphatic rings. The van der Waals surface area contributed by atoms with E-state index in [0.717, 1.165) is 52.1 Å². The number of ether oxygens (including phenoxy) is 1. The Bertz CT molecular complexity index is 528. The highest BCUT2D eigenvalue weighted by molar-refractivity contribution is 5.76. The number of carbonyl (C=O) groups excluding carboxylic acids is 1. The lowest BCUT2D eigenvalue weighted by Gasteiger charge is -2.31. The van der Waals surface area contributed by atoms with Crippen LogP contribution in [0.3, 0.4) is 0 Å². The van der Waals surface area contributed by atoms with E-state index >= 15 is 0 Å². The second kappa shape index (κ2) is 8.76. The number of aromatic nitrogens is 3. The van der Waals surface area contributed by atoms with E-state index in [-0.39, 0.29) is 11.9 Å². The minimum absolute atomic E-state index is 0.157. The molecule has 2 aliphatic heterocycles. The molecule has 3 rings (SSSR count). The first kappa shape index (κ1) is 18.3. The lowest BCUT2D eigenvalue weighted by Crippen LogP contribution is -2.43. The molecule has 2 fully saturated rings. The van der Waals surface area contributed by atoms with E-state index in [4.69, 9.17) is 4.74 Å². The Hall–Kier alpha value is -1.47. The van der Waals surface area contributed by atoms with Crippen molar-refractivity contribution in [3.05, 3.63) is 12.7 Å². The van der Waals surface area contributed by atoms with Gasteiger partial charge in [0.25, 0.3) is 0 Å². The Morgan fingerprint density at radius 1 is 1.32 bits per heavy atom. The van der Waals surface area contributed by atoms with E-state index < -0.39 is 0 Å². The highest BCUT2D eigenvalue weighted by atomic mass is 16.5. The monoisotopic (exact) mass is 349 g/mol. The third-order valence-electron chi connectivity index (χ3n) is 5.56. The quantitative estimate of drug-likeness (QED) is 0.803. The SMILES string of the molecule is CC(C)[C@H]1CN(C2CCOCC2)C[C@@H]1NC(=O)CCCn1cncn1. The minimum atomic E-state index is 0.157. The molecule has 0 saturated carbocycles. The molecule has 0 radical (unpaired) electrons. The number of rotatable bonds is 7. The Labute approximate surface area is 150 Å². The molecular formula is C18H31N5O2. The number of nitrogens with one attached hydrogen (secondary N) is 1. The van der Waals surface area contributed by atoms with Gasteiger partial charge >= 0.3 is 0 Å². The van der Waals surface area contributed by atoms with Gasteiger partial charge in [-0.3, -0.25) is 14.4 Å². The summed E-state index contributed by atoms with van der Waals surface area (Å²) in [5.41, 5.74) is 0. The topological polar surface area (TPSA) is 72.3 Å². The van der Waals surface area contributed by atoms with E-state index in [1.807, 2.05) is 0 Å². The van der Waals surface area contributed by atoms with E-state index in [9.17, 15) is 4.79 Å². The molecule has 2 atom stereocenters. The van der Waals surface area contributed by atoms with Gasteiger partial charge < -0.3 is 10.1 Å². The third kappa shape index (κ3) is 5.01. The average Bonchev–Trinajstić information content (AvgIpc) is 3.25. The summed E-state index contributed by atoms with van der Waals surface area (Å²) in [6, 6.07) is 0.880. The molecule has 1 amide bonds. The molecule has 2 saturated heterocycles. The highest BCUT2D eigenvalue weighted by Gasteiger charge is 2.38. The molecule has 0 aliphatic carbocycles. The first-order chi connectivity index (χ1) is 12.1. The van der Waals surface area contributed by atoms with Gasteiger partial charge in [0.05, 0.1) is 0 Å². The van der Waals surface area contributed by atoms with Crippen molar-refractivity contribution < 1.29 is 9.53 Å². The summed E-state index contributed by atoms with van der Waals surface area (Å²) < 4.78 is 7.26. The smallest absolute Gasteiger partial charge is 0.220 e. The fourth-order valence-corrected chi connectivity index (χ4v) is 4.07. The van der Waals surface area contributed by atoms with Crippen molar-refractivity contribution in [2.75, 3.05) is 26.3 Å². The average molecular weight is 349 g/mol. The summed E-state index contributed by atoms with van der Waals surface area (Å²) in [6.07, 6.45) is 6.77. The van der Waals surface area contributed by atoms with Crippen molar-refractivity contribution in [3.63, 3.8) is 0 Å². The zero-order chi connectivity index (χ0) is 17.6. The summed E-state index contributed by atoms with van der Waals surface area (Å²) in [7, 11) is 0. The summed E-state index contributed by atoms with van der Waals surface area (Å²) in [5, 5.41) is 7.37. The van der Waals surface area contributed by atoms with Crippen LogP contribution in [0.4, 0.5) is 0 Å². The van der Waals surface area contributed by atoms with Gasteiger partial charge in [-0.2, -0.15) is 5.10 Å². The third-order valence-corrected chi connectivity index (χ3v) is 5.56. The van der Waals surface area contributed by atoms with Crippen molar-refractivity contribution in [1.29, 1.82) is 0 Å². The maximum atomic E-state index is 12.4. The lowest BCUT2D eigenvalue weighted by molar-refractivity contribution is -0.122. The zero-order valence-electron chi connectivity index (χ0n) is 15.4. The van der Waals surface area contributed by atoms with E-state index in [1.54, 1.807) is 11.0 Å². The number of amides is 1. The highest BCUT2D eigenvalue weighted by Crippen LogP contribution is 2.28. The molecule has 0 spiro atoms. The second-order valence-electron chi connectivity index (χ2n) is 7.64. The predicted octanol–water partition coefficient (Wildman–Crippen LogP) is 1.31. The maximum absolute atomic E-state index is 12.4. The summed E-state index contributed by atoms with van der Waals surface area (Å²) in [4.78, 5) is 18.9. The van der Waals surface area contributed by atoms with E-state index in [2.05, 4.69) is 34.1 Å². The molecule has 1 N–H and O–H groups in total. The number of likely N-dealkylation sites (tertiary alicyclic amines) is 1. The van der Waals surface area contributed by atoms with Crippen LogP contribution in [0.1, 0.15) is 39.5 Å². The fraction of sp³-hybridized carbons (Fsp3) is 0.833. The molecule has 1 aromatic heterocycles. The zero-order valence-corrected chi connectivity index (χ0v) is 15.4. The number of aryl methyl sites for hydroxylation is 1. The number of carbonyl (C=O) groups is 1. The summed E-state index contributed by atoms with van der Waals surface area (Å²) in [5.74, 6) is 1.26. The van der Waals surface area contributed by atoms with Crippen molar-refractivity contribution in [2.24, 2.45) is 11.8 Å². The molecule has 1 aromatic rings. The van der Waals surface area contributed by atoms with Crippen LogP contribution in [0.15, 0.2) is 12.7 Å². The van der Waals surface area contributed by atoms with E-state index in [1.165, 1.54) is 6.33 Å². The number of hydrogen-bond acceptors (Lipinski definition) is 5. The molecule has 0 bridgehead atoms. The Morgan fingerprint density at radius 3 is 2.80 bits per heavy atom. The first-order valence-corrected chi connectivity index (χ1v) is 9.57. The van der Waals surface area contributed by atoms with Crippen LogP contribution in [0.2, 0.25) is 0 Å². The predicted molar refractivity (Wildman–Crippen MR) is 94.9 cm³/mol. The van der Waals surface area contributed by atoms with Crippen LogP contribution in [-0.2, 0) is 16.1 Å². The Balaban J connectivity index is 1.47. The summed E-state index contributed by atoms with van der Waals surface area (Å²) in [6.45, 7) is 9.07. The maximum Gasteiger partial charge on any atom is 0.220 e. The molecule has 0 aromatic carbocycles. The van der Waals surface area contributed by atoms with Gasteiger partial charge in [-0.15, -0.1) is 0 Å². The van der Waals surface area contributed by atoms with Gasteiger partial charge in [0.2, 0.25) is 5.91 Å². The molecular weight excluding hydrogens is 318 g/mol. The van der Waals surface area contributed by atoms with Gasteiger partial charge in [-0.05, 0) is 31.1 Å². The molecule has 7 heteroatoms. The normalized spacial score (nSPS) is 25.6. The van der Waals surface area contributed by atoms with Gasteiger partial charge in [-0.1, -0.05) is 13.8 Å². The van der Waals surface area contributed by atoms with Gasteiger partial charge in [0.1, 0.15) is 12.7 Å². The van der Waals surface area contributed by atoms with Crippen LogP contribution in [-0.4, -0.2) is 64.0 Å². The number of hydrogen-bond donors (Lipinski definition) is 1. The van der Waals surface area contributed by atoms with Crippen LogP contribution >= 0.6 is 0 Å². The largest absolute Gasteiger partial charge is 0.381 e. The Morgan fingerprint density at radius 2 is 2.12 bits per heavy atom. The lowest BCUT2D eigenvalue weighted by atomic mass is 9.91. The standard InChI is InChI=1S/C18H31N5O2/c1-14(2)16-10-22(15-5-8-25-9-6-15)11-17(16)21-18(24)4-3-7-23-13-19-12-20-23/h12-17H,3-11H2,1-2H3,(H,21,24)/t16-,17+/m1/s1. The van der Waals surface area contributed by atoms with Crippen LogP contribution in [0.5, 0.6) is 0 Å². The van der Waals surface area contributed by atoms with Gasteiger partial charge in [-0.25, -0.2) is 4.98 Å². The van der Waals surface area contributed by atoms with Crippen LogP contribution in [0, 0.1) is 11.8 Å². The molecule has 0 unspecified atom stereocenters. The van der Waals surface area contributed by atoms with Crippen LogP contribution in [0.25, 0.3) is 0 Å². The first-order valence-electron chi connectivity index (χ1n) is 9.57. The van der Waals surface area contributed by atoms with Crippen molar-refractivity contribution in [1.82, 2.24) is 25.0 Å². The van der Waals surface area contributed by atoms with Crippen molar-refractivity contribution in [2.45, 2.75) is 58.2 Å². The van der Waals surface area contributed by atoms with Gasteiger partial charge in [0.15, 0.2) is 0 Å². The Kier molecular flexibility index (Phi) is 6.42. The molecule has 7 nitrogen and oxygen atoms in total. The van der Waals surface area contributed by atoms with Crippen molar-refractivity contribution in [3.8, 4) is 0 Å². The van der Waals surface area contributed by atoms with Gasteiger partial charge in [0, 0.05) is 51.4 Å².